The van der Waals surface area contributed by atoms with E-state index < -0.39 is 0 Å². The molecule has 104 valence electrons. The second-order valence-corrected chi connectivity index (χ2v) is 5.34. The zero-order valence-electron chi connectivity index (χ0n) is 12.1. The first kappa shape index (κ1) is 15.5. The van der Waals surface area contributed by atoms with Crippen molar-refractivity contribution in [1.29, 1.82) is 0 Å². The molecule has 2 heteroatoms. The van der Waals surface area contributed by atoms with Gasteiger partial charge < -0.3 is 0 Å². The Balaban J connectivity index is 2.36. The van der Waals surface area contributed by atoms with Crippen LogP contribution in [0.25, 0.3) is 0 Å². The number of nitrogens with zero attached hydrogens (tertiary/aromatic N) is 2. The number of unbranched alkanes of at least 4 members (excludes halogenated alkanes) is 2. The molecule has 0 N–H and O–H groups in total. The maximum Gasteiger partial charge on any atom is 0.0223 e. The Bertz CT molecular complexity index is 227. The van der Waals surface area contributed by atoms with E-state index in [9.17, 15) is 0 Å². The lowest BCUT2D eigenvalue weighted by Crippen LogP contribution is -2.41. The first-order chi connectivity index (χ1) is 8.81. The maximum absolute atomic E-state index is 3.85. The molecule has 2 nitrogen and oxygen atoms in total. The van der Waals surface area contributed by atoms with Gasteiger partial charge in [-0.05, 0) is 32.4 Å². The van der Waals surface area contributed by atoms with Crippen LogP contribution in [0.1, 0.15) is 39.0 Å². The predicted molar refractivity (Wildman–Crippen MR) is 81.0 cm³/mol. The average Bonchev–Trinajstić information content (AvgIpc) is 2.78. The van der Waals surface area contributed by atoms with E-state index in [4.69, 9.17) is 0 Å². The largest absolute Gasteiger partial charge is 0.299 e. The summed E-state index contributed by atoms with van der Waals surface area (Å²) in [6.07, 6.45) is 10.8. The summed E-state index contributed by atoms with van der Waals surface area (Å²) in [4.78, 5) is 5.14. The third-order valence-corrected chi connectivity index (χ3v) is 3.79. The minimum Gasteiger partial charge on any atom is -0.299 e. The van der Waals surface area contributed by atoms with Gasteiger partial charge >= 0.3 is 0 Å². The Labute approximate surface area is 113 Å². The molecule has 0 aromatic heterocycles. The quantitative estimate of drug-likeness (QED) is 0.433. The van der Waals surface area contributed by atoms with E-state index in [1.165, 1.54) is 51.7 Å². The van der Waals surface area contributed by atoms with Crippen molar-refractivity contribution >= 4 is 0 Å². The molecule has 0 bridgehead atoms. The standard InChI is InChI=1S/C16H30N2/c1-4-7-8-13-18-14-9-10-16(18)15-17(11-5-2)12-6-3/h5-6,16H,2-4,7-15H2,1H3. The van der Waals surface area contributed by atoms with Gasteiger partial charge in [0, 0.05) is 25.7 Å². The Kier molecular flexibility index (Phi) is 8.03. The van der Waals surface area contributed by atoms with Gasteiger partial charge in [0.1, 0.15) is 0 Å². The molecule has 1 aliphatic heterocycles. The molecule has 0 radical (unpaired) electrons. The summed E-state index contributed by atoms with van der Waals surface area (Å²) in [5.74, 6) is 0. The maximum atomic E-state index is 3.85. The topological polar surface area (TPSA) is 6.48 Å². The molecule has 1 fully saturated rings. The van der Waals surface area contributed by atoms with E-state index in [0.717, 1.165) is 19.1 Å². The van der Waals surface area contributed by atoms with Crippen LogP contribution in [-0.4, -0.2) is 48.6 Å². The van der Waals surface area contributed by atoms with E-state index in [2.05, 4.69) is 29.9 Å². The van der Waals surface area contributed by atoms with Crippen molar-refractivity contribution in [3.63, 3.8) is 0 Å². The van der Waals surface area contributed by atoms with Gasteiger partial charge in [0.05, 0.1) is 0 Å². The van der Waals surface area contributed by atoms with Crippen LogP contribution >= 0.6 is 0 Å². The molecular weight excluding hydrogens is 220 g/mol. The van der Waals surface area contributed by atoms with Crippen LogP contribution in [0.3, 0.4) is 0 Å². The number of hydrogen-bond donors (Lipinski definition) is 0. The van der Waals surface area contributed by atoms with E-state index in [0.29, 0.717) is 0 Å². The summed E-state index contributed by atoms with van der Waals surface area (Å²) >= 11 is 0. The van der Waals surface area contributed by atoms with E-state index in [1.54, 1.807) is 0 Å². The molecule has 18 heavy (non-hydrogen) atoms. The fourth-order valence-electron chi connectivity index (χ4n) is 2.85. The van der Waals surface area contributed by atoms with E-state index in [1.807, 2.05) is 12.2 Å². The SMILES string of the molecule is C=CCN(CC=C)CC1CCCN1CCCCC. The Hall–Kier alpha value is -0.600. The molecule has 1 heterocycles. The Morgan fingerprint density at radius 1 is 1.22 bits per heavy atom. The Morgan fingerprint density at radius 2 is 1.94 bits per heavy atom. The van der Waals surface area contributed by atoms with Crippen molar-refractivity contribution in [3.8, 4) is 0 Å². The molecule has 0 aliphatic carbocycles. The number of rotatable bonds is 10. The molecule has 1 atom stereocenters. The van der Waals surface area contributed by atoms with Gasteiger partial charge in [-0.3, -0.25) is 9.80 Å². The summed E-state index contributed by atoms with van der Waals surface area (Å²) in [6, 6.07) is 0.752. The zero-order chi connectivity index (χ0) is 13.2. The van der Waals surface area contributed by atoms with Crippen LogP contribution in [0.4, 0.5) is 0 Å². The van der Waals surface area contributed by atoms with E-state index in [-0.39, 0.29) is 0 Å². The lowest BCUT2D eigenvalue weighted by molar-refractivity contribution is 0.188. The first-order valence-electron chi connectivity index (χ1n) is 7.50. The van der Waals surface area contributed by atoms with Crippen LogP contribution in [-0.2, 0) is 0 Å². The van der Waals surface area contributed by atoms with Gasteiger partial charge in [-0.15, -0.1) is 13.2 Å². The molecular formula is C16H30N2. The number of hydrogen-bond acceptors (Lipinski definition) is 2. The van der Waals surface area contributed by atoms with E-state index >= 15 is 0 Å². The second-order valence-electron chi connectivity index (χ2n) is 5.34. The lowest BCUT2D eigenvalue weighted by Gasteiger charge is -2.29. The third kappa shape index (κ3) is 5.36. The van der Waals surface area contributed by atoms with Crippen LogP contribution in [0.2, 0.25) is 0 Å². The monoisotopic (exact) mass is 250 g/mol. The van der Waals surface area contributed by atoms with Crippen LogP contribution in [0.5, 0.6) is 0 Å². The fourth-order valence-corrected chi connectivity index (χ4v) is 2.85. The predicted octanol–water partition coefficient (Wildman–Crippen LogP) is 3.32. The zero-order valence-corrected chi connectivity index (χ0v) is 12.1. The second kappa shape index (κ2) is 9.35. The van der Waals surface area contributed by atoms with Gasteiger partial charge in [-0.1, -0.05) is 31.9 Å². The highest BCUT2D eigenvalue weighted by atomic mass is 15.2. The van der Waals surface area contributed by atoms with Crippen molar-refractivity contribution in [3.05, 3.63) is 25.3 Å². The fraction of sp³-hybridized carbons (Fsp3) is 0.750. The molecule has 0 saturated carbocycles. The van der Waals surface area contributed by atoms with Gasteiger partial charge in [0.15, 0.2) is 0 Å². The molecule has 1 unspecified atom stereocenters. The van der Waals surface area contributed by atoms with Crippen LogP contribution in [0.15, 0.2) is 25.3 Å². The lowest BCUT2D eigenvalue weighted by atomic mass is 10.2. The van der Waals surface area contributed by atoms with Gasteiger partial charge in [0.25, 0.3) is 0 Å². The summed E-state index contributed by atoms with van der Waals surface area (Å²) in [6.45, 7) is 15.7. The van der Waals surface area contributed by atoms with Crippen molar-refractivity contribution in [2.24, 2.45) is 0 Å². The van der Waals surface area contributed by atoms with Gasteiger partial charge in [0.2, 0.25) is 0 Å². The summed E-state index contributed by atoms with van der Waals surface area (Å²) in [5.41, 5.74) is 0. The van der Waals surface area contributed by atoms with Gasteiger partial charge in [-0.25, -0.2) is 0 Å². The summed E-state index contributed by atoms with van der Waals surface area (Å²) < 4.78 is 0. The summed E-state index contributed by atoms with van der Waals surface area (Å²) in [7, 11) is 0. The number of likely N-dealkylation sites (tertiary alicyclic amines) is 1. The van der Waals surface area contributed by atoms with Crippen molar-refractivity contribution in [1.82, 2.24) is 9.80 Å². The smallest absolute Gasteiger partial charge is 0.0223 e. The first-order valence-corrected chi connectivity index (χ1v) is 7.50. The average molecular weight is 250 g/mol. The van der Waals surface area contributed by atoms with Crippen molar-refractivity contribution in [2.45, 2.75) is 45.1 Å². The minimum absolute atomic E-state index is 0.752. The highest BCUT2D eigenvalue weighted by Crippen LogP contribution is 2.19. The van der Waals surface area contributed by atoms with Crippen molar-refractivity contribution < 1.29 is 0 Å². The van der Waals surface area contributed by atoms with Gasteiger partial charge in [-0.2, -0.15) is 0 Å². The molecule has 1 saturated heterocycles. The molecule has 0 aromatic carbocycles. The minimum atomic E-state index is 0.752. The third-order valence-electron chi connectivity index (χ3n) is 3.79. The molecule has 0 spiro atoms. The Morgan fingerprint density at radius 3 is 2.56 bits per heavy atom. The molecule has 0 aromatic rings. The van der Waals surface area contributed by atoms with Crippen LogP contribution < -0.4 is 0 Å². The van der Waals surface area contributed by atoms with Crippen LogP contribution in [0, 0.1) is 0 Å². The normalized spacial score (nSPS) is 20.4. The molecule has 0 amide bonds. The van der Waals surface area contributed by atoms with Crippen molar-refractivity contribution in [2.75, 3.05) is 32.7 Å². The highest BCUT2D eigenvalue weighted by molar-refractivity contribution is 4.86. The molecule has 1 rings (SSSR count). The highest BCUT2D eigenvalue weighted by Gasteiger charge is 2.25. The molecule has 1 aliphatic rings. The summed E-state index contributed by atoms with van der Waals surface area (Å²) in [5, 5.41) is 0.